The Hall–Kier alpha value is -3.74. The maximum Gasteiger partial charge on any atom is 0.322 e. The number of carbonyl (C=O) groups is 4. The summed E-state index contributed by atoms with van der Waals surface area (Å²) < 4.78 is 0. The molecule has 3 atom stereocenters. The van der Waals surface area contributed by atoms with E-state index in [4.69, 9.17) is 10.8 Å². The summed E-state index contributed by atoms with van der Waals surface area (Å²) >= 11 is 0. The van der Waals surface area contributed by atoms with Gasteiger partial charge in [0.2, 0.25) is 17.7 Å². The minimum absolute atomic E-state index is 0.0364. The molecule has 0 aromatic carbocycles. The van der Waals surface area contributed by atoms with E-state index < -0.39 is 48.4 Å². The van der Waals surface area contributed by atoms with E-state index in [1.165, 1.54) is 18.9 Å². The van der Waals surface area contributed by atoms with E-state index in [0.29, 0.717) is 11.4 Å². The second-order valence-corrected chi connectivity index (χ2v) is 8.03. The first kappa shape index (κ1) is 25.5. The second-order valence-electron chi connectivity index (χ2n) is 8.03. The maximum atomic E-state index is 13.1. The lowest BCUT2D eigenvalue weighted by molar-refractivity contribution is -0.138. The molecular weight excluding hydrogens is 432 g/mol. The van der Waals surface area contributed by atoms with E-state index in [1.54, 1.807) is 6.20 Å². The molecule has 0 fully saturated rings. The highest BCUT2D eigenvalue weighted by molar-refractivity contribution is 5.93. The standard InChI is InChI=1S/C20H30N8O5/c1-11(2)3-15(19(32)24-8-17(29)30)28-20(33)16(5-13-7-23-10-26-13)27-18(31)14(21)4-12-6-22-9-25-12/h6-7,9-11,14-16H,3-5,8,21H2,1-2H3,(H,22,25)(H,23,26)(H,24,32)(H,27,31)(H,28,33)(H,29,30). The van der Waals surface area contributed by atoms with Crippen LogP contribution < -0.4 is 21.7 Å². The van der Waals surface area contributed by atoms with Crippen molar-refractivity contribution in [1.29, 1.82) is 0 Å². The molecule has 0 aliphatic rings. The molecule has 0 saturated carbocycles. The molecular formula is C20H30N8O5. The third-order valence-electron chi connectivity index (χ3n) is 4.70. The first-order chi connectivity index (χ1) is 15.7. The SMILES string of the molecule is CC(C)CC(NC(=O)C(Cc1cnc[nH]1)NC(=O)C(N)Cc1cnc[nH]1)C(=O)NCC(=O)O. The molecule has 33 heavy (non-hydrogen) atoms. The van der Waals surface area contributed by atoms with E-state index in [-0.39, 0.29) is 25.2 Å². The first-order valence-corrected chi connectivity index (χ1v) is 10.5. The Kier molecular flexibility index (Phi) is 9.54. The molecule has 0 radical (unpaired) electrons. The zero-order valence-corrected chi connectivity index (χ0v) is 18.5. The third-order valence-corrected chi connectivity index (χ3v) is 4.70. The van der Waals surface area contributed by atoms with E-state index in [0.717, 1.165) is 0 Å². The number of hydrogen-bond donors (Lipinski definition) is 7. The van der Waals surface area contributed by atoms with E-state index in [2.05, 4.69) is 35.9 Å². The van der Waals surface area contributed by atoms with Crippen LogP contribution in [0.15, 0.2) is 25.0 Å². The fourth-order valence-electron chi connectivity index (χ4n) is 3.09. The number of nitrogens with one attached hydrogen (secondary N) is 5. The van der Waals surface area contributed by atoms with Gasteiger partial charge in [-0.15, -0.1) is 0 Å². The van der Waals surface area contributed by atoms with Crippen molar-refractivity contribution in [2.75, 3.05) is 6.54 Å². The fourth-order valence-corrected chi connectivity index (χ4v) is 3.09. The van der Waals surface area contributed by atoms with Crippen molar-refractivity contribution in [3.05, 3.63) is 36.4 Å². The number of carboxylic acid groups (broad SMARTS) is 1. The molecule has 0 aliphatic heterocycles. The Labute approximate surface area is 190 Å². The summed E-state index contributed by atoms with van der Waals surface area (Å²) in [6.45, 7) is 3.16. The fraction of sp³-hybridized carbons (Fsp3) is 0.500. The number of carbonyl (C=O) groups excluding carboxylic acids is 3. The van der Waals surface area contributed by atoms with Crippen molar-refractivity contribution in [3.8, 4) is 0 Å². The summed E-state index contributed by atoms with van der Waals surface area (Å²) in [7, 11) is 0. The molecule has 13 heteroatoms. The number of carboxylic acids is 1. The zero-order chi connectivity index (χ0) is 24.4. The van der Waals surface area contributed by atoms with Gasteiger partial charge in [0.15, 0.2) is 0 Å². The summed E-state index contributed by atoms with van der Waals surface area (Å²) in [5.41, 5.74) is 7.24. The molecule has 2 rings (SSSR count). The average molecular weight is 463 g/mol. The van der Waals surface area contributed by atoms with Crippen LogP contribution >= 0.6 is 0 Å². The summed E-state index contributed by atoms with van der Waals surface area (Å²) in [5, 5.41) is 16.3. The molecule has 0 spiro atoms. The highest BCUT2D eigenvalue weighted by Gasteiger charge is 2.29. The van der Waals surface area contributed by atoms with Gasteiger partial charge in [-0.25, -0.2) is 9.97 Å². The van der Waals surface area contributed by atoms with Crippen LogP contribution in [0.1, 0.15) is 31.7 Å². The van der Waals surface area contributed by atoms with Gasteiger partial charge in [0.1, 0.15) is 18.6 Å². The number of rotatable bonds is 13. The van der Waals surface area contributed by atoms with Gasteiger partial charge < -0.3 is 36.8 Å². The van der Waals surface area contributed by atoms with Crippen LogP contribution in [0.25, 0.3) is 0 Å². The molecule has 3 unspecified atom stereocenters. The van der Waals surface area contributed by atoms with Gasteiger partial charge >= 0.3 is 5.97 Å². The van der Waals surface area contributed by atoms with Crippen LogP contribution in [0.3, 0.4) is 0 Å². The number of nitrogens with two attached hydrogens (primary N) is 1. The van der Waals surface area contributed by atoms with E-state index in [1.807, 2.05) is 13.8 Å². The highest BCUT2D eigenvalue weighted by Crippen LogP contribution is 2.07. The third kappa shape index (κ3) is 8.73. The van der Waals surface area contributed by atoms with Gasteiger partial charge in [-0.2, -0.15) is 0 Å². The Balaban J connectivity index is 2.11. The highest BCUT2D eigenvalue weighted by atomic mass is 16.4. The smallest absolute Gasteiger partial charge is 0.322 e. The van der Waals surface area contributed by atoms with Crippen molar-refractivity contribution in [2.45, 2.75) is 51.2 Å². The van der Waals surface area contributed by atoms with Gasteiger partial charge in [-0.05, 0) is 12.3 Å². The van der Waals surface area contributed by atoms with E-state index in [9.17, 15) is 19.2 Å². The zero-order valence-electron chi connectivity index (χ0n) is 18.5. The van der Waals surface area contributed by atoms with Crippen molar-refractivity contribution < 1.29 is 24.3 Å². The number of H-pyrrole nitrogens is 2. The molecule has 2 aromatic heterocycles. The number of imidazole rings is 2. The molecule has 2 aromatic rings. The lowest BCUT2D eigenvalue weighted by Crippen LogP contribution is -2.57. The lowest BCUT2D eigenvalue weighted by Gasteiger charge is -2.24. The van der Waals surface area contributed by atoms with Gasteiger partial charge in [-0.3, -0.25) is 19.2 Å². The Morgan fingerprint density at radius 2 is 1.52 bits per heavy atom. The number of aromatic amines is 2. The molecule has 3 amide bonds. The summed E-state index contributed by atoms with van der Waals surface area (Å²) in [6.07, 6.45) is 6.53. The molecule has 13 nitrogen and oxygen atoms in total. The largest absolute Gasteiger partial charge is 0.480 e. The number of amides is 3. The number of hydrogen-bond acceptors (Lipinski definition) is 7. The number of nitrogens with zero attached hydrogens (tertiary/aromatic N) is 2. The number of aliphatic carboxylic acids is 1. The summed E-state index contributed by atoms with van der Waals surface area (Å²) in [6, 6.07) is -2.96. The maximum absolute atomic E-state index is 13.1. The minimum Gasteiger partial charge on any atom is -0.480 e. The average Bonchev–Trinajstić information content (AvgIpc) is 3.44. The van der Waals surface area contributed by atoms with Gasteiger partial charge in [0.25, 0.3) is 0 Å². The Morgan fingerprint density at radius 1 is 0.939 bits per heavy atom. The van der Waals surface area contributed by atoms with Crippen molar-refractivity contribution >= 4 is 23.7 Å². The predicted molar refractivity (Wildman–Crippen MR) is 117 cm³/mol. The van der Waals surface area contributed by atoms with Crippen molar-refractivity contribution in [2.24, 2.45) is 11.7 Å². The quantitative estimate of drug-likeness (QED) is 0.185. The molecule has 0 saturated heterocycles. The Morgan fingerprint density at radius 3 is 2.03 bits per heavy atom. The van der Waals surface area contributed by atoms with Crippen LogP contribution in [0.2, 0.25) is 0 Å². The molecule has 0 bridgehead atoms. The van der Waals surface area contributed by atoms with Crippen LogP contribution in [-0.2, 0) is 32.0 Å². The molecule has 8 N–H and O–H groups in total. The van der Waals surface area contributed by atoms with Gasteiger partial charge in [0, 0.05) is 36.6 Å². The Bertz CT molecular complexity index is 913. The van der Waals surface area contributed by atoms with Gasteiger partial charge in [-0.1, -0.05) is 13.8 Å². The van der Waals surface area contributed by atoms with Crippen LogP contribution in [0.4, 0.5) is 0 Å². The van der Waals surface area contributed by atoms with Crippen molar-refractivity contribution in [1.82, 2.24) is 35.9 Å². The predicted octanol–water partition coefficient (Wildman–Crippen LogP) is -1.54. The van der Waals surface area contributed by atoms with Gasteiger partial charge in [0.05, 0.1) is 18.7 Å². The second kappa shape index (κ2) is 12.3. The van der Waals surface area contributed by atoms with E-state index >= 15 is 0 Å². The minimum atomic E-state index is -1.20. The normalized spacial score (nSPS) is 13.7. The first-order valence-electron chi connectivity index (χ1n) is 10.5. The monoisotopic (exact) mass is 462 g/mol. The molecule has 180 valence electrons. The summed E-state index contributed by atoms with van der Waals surface area (Å²) in [4.78, 5) is 62.5. The topological polar surface area (TPSA) is 208 Å². The van der Waals surface area contributed by atoms with Crippen LogP contribution in [0.5, 0.6) is 0 Å². The molecule has 2 heterocycles. The lowest BCUT2D eigenvalue weighted by atomic mass is 10.0. The van der Waals surface area contributed by atoms with Crippen LogP contribution in [0, 0.1) is 5.92 Å². The number of aromatic nitrogens is 4. The van der Waals surface area contributed by atoms with Crippen molar-refractivity contribution in [3.63, 3.8) is 0 Å². The summed E-state index contributed by atoms with van der Waals surface area (Å²) in [5.74, 6) is -2.95. The van der Waals surface area contributed by atoms with Crippen LogP contribution in [-0.4, -0.2) is 73.4 Å². The molecule has 0 aliphatic carbocycles.